The maximum absolute atomic E-state index is 9.70. The summed E-state index contributed by atoms with van der Waals surface area (Å²) in [7, 11) is 0. The third-order valence-electron chi connectivity index (χ3n) is 2.89. The zero-order valence-corrected chi connectivity index (χ0v) is 10.6. The monoisotopic (exact) mass is 232 g/mol. The third-order valence-corrected chi connectivity index (χ3v) is 3.82. The van der Waals surface area contributed by atoms with Crippen molar-refractivity contribution in [1.29, 1.82) is 0 Å². The number of hydrogen-bond acceptors (Lipinski definition) is 3. The Bertz CT molecular complexity index is 147. The van der Waals surface area contributed by atoms with Crippen LogP contribution >= 0.6 is 11.8 Å². The van der Waals surface area contributed by atoms with Gasteiger partial charge in [-0.3, -0.25) is 0 Å². The van der Waals surface area contributed by atoms with Crippen molar-refractivity contribution in [2.75, 3.05) is 18.1 Å². The lowest BCUT2D eigenvalue weighted by Gasteiger charge is -2.12. The third kappa shape index (κ3) is 6.44. The van der Waals surface area contributed by atoms with Crippen molar-refractivity contribution in [2.45, 2.75) is 57.7 Å². The van der Waals surface area contributed by atoms with E-state index >= 15 is 0 Å². The summed E-state index contributed by atoms with van der Waals surface area (Å²) in [5.74, 6) is 2.25. The summed E-state index contributed by atoms with van der Waals surface area (Å²) in [5, 5.41) is 9.70. The second-order valence-electron chi connectivity index (χ2n) is 4.21. The van der Waals surface area contributed by atoms with E-state index in [2.05, 4.69) is 6.92 Å². The minimum Gasteiger partial charge on any atom is -0.393 e. The second kappa shape index (κ2) is 8.43. The van der Waals surface area contributed by atoms with Gasteiger partial charge in [-0.25, -0.2) is 0 Å². The van der Waals surface area contributed by atoms with Crippen LogP contribution in [0.1, 0.15) is 45.4 Å². The fourth-order valence-electron chi connectivity index (χ4n) is 1.96. The zero-order valence-electron chi connectivity index (χ0n) is 9.78. The van der Waals surface area contributed by atoms with Crippen LogP contribution in [0.25, 0.3) is 0 Å². The standard InChI is InChI=1S/C12H24O2S/c1-2-15-10-8-11(13)5-3-6-12-7-4-9-14-12/h11-13H,2-10H2,1H3. The average Bonchev–Trinajstić information content (AvgIpc) is 2.71. The minimum atomic E-state index is -0.0922. The quantitative estimate of drug-likeness (QED) is 0.653. The lowest BCUT2D eigenvalue weighted by atomic mass is 10.1. The highest BCUT2D eigenvalue weighted by Gasteiger charge is 2.15. The first-order chi connectivity index (χ1) is 7.33. The zero-order chi connectivity index (χ0) is 10.9. The SMILES string of the molecule is CCSCCC(O)CCCC1CCCO1. The van der Waals surface area contributed by atoms with Gasteiger partial charge in [-0.1, -0.05) is 6.92 Å². The van der Waals surface area contributed by atoms with E-state index < -0.39 is 0 Å². The Balaban J connectivity index is 1.89. The smallest absolute Gasteiger partial charge is 0.0576 e. The van der Waals surface area contributed by atoms with Crippen molar-refractivity contribution in [3.8, 4) is 0 Å². The molecule has 2 unspecified atom stereocenters. The summed E-state index contributed by atoms with van der Waals surface area (Å²) in [4.78, 5) is 0. The van der Waals surface area contributed by atoms with Crippen LogP contribution in [0.15, 0.2) is 0 Å². The molecule has 2 atom stereocenters. The molecule has 0 bridgehead atoms. The van der Waals surface area contributed by atoms with E-state index in [1.54, 1.807) is 0 Å². The molecule has 1 N–H and O–H groups in total. The highest BCUT2D eigenvalue weighted by molar-refractivity contribution is 7.99. The summed E-state index contributed by atoms with van der Waals surface area (Å²) < 4.78 is 5.55. The summed E-state index contributed by atoms with van der Waals surface area (Å²) in [5.41, 5.74) is 0. The molecule has 1 aliphatic rings. The van der Waals surface area contributed by atoms with Crippen molar-refractivity contribution >= 4 is 11.8 Å². The molecule has 1 saturated heterocycles. The van der Waals surface area contributed by atoms with E-state index in [1.807, 2.05) is 11.8 Å². The fourth-order valence-corrected chi connectivity index (χ4v) is 2.69. The predicted octanol–water partition coefficient (Wildman–Crippen LogP) is 2.84. The number of aliphatic hydroxyl groups excluding tert-OH is 1. The molecule has 0 aromatic rings. The van der Waals surface area contributed by atoms with Crippen LogP contribution < -0.4 is 0 Å². The highest BCUT2D eigenvalue weighted by Crippen LogP contribution is 2.19. The Morgan fingerprint density at radius 3 is 3.00 bits per heavy atom. The first-order valence-corrected chi connectivity index (χ1v) is 7.35. The van der Waals surface area contributed by atoms with Crippen LogP contribution in [0.5, 0.6) is 0 Å². The molecular weight excluding hydrogens is 208 g/mol. The lowest BCUT2D eigenvalue weighted by molar-refractivity contribution is 0.0941. The first kappa shape index (κ1) is 13.3. The van der Waals surface area contributed by atoms with E-state index in [-0.39, 0.29) is 6.10 Å². The Hall–Kier alpha value is 0.270. The van der Waals surface area contributed by atoms with Crippen LogP contribution in [-0.4, -0.2) is 35.4 Å². The van der Waals surface area contributed by atoms with Crippen LogP contribution in [-0.2, 0) is 4.74 Å². The van der Waals surface area contributed by atoms with Gasteiger partial charge in [0.05, 0.1) is 12.2 Å². The van der Waals surface area contributed by atoms with Crippen molar-refractivity contribution in [3.05, 3.63) is 0 Å². The Morgan fingerprint density at radius 1 is 1.47 bits per heavy atom. The molecule has 0 aliphatic carbocycles. The van der Waals surface area contributed by atoms with Gasteiger partial charge in [0.15, 0.2) is 0 Å². The Morgan fingerprint density at radius 2 is 2.33 bits per heavy atom. The summed E-state index contributed by atoms with van der Waals surface area (Å²) in [6.45, 7) is 3.11. The van der Waals surface area contributed by atoms with E-state index in [1.165, 1.54) is 12.8 Å². The molecule has 1 heterocycles. The van der Waals surface area contributed by atoms with Gasteiger partial charge >= 0.3 is 0 Å². The number of thioether (sulfide) groups is 1. The number of hydrogen-bond donors (Lipinski definition) is 1. The molecule has 3 heteroatoms. The van der Waals surface area contributed by atoms with E-state index in [9.17, 15) is 5.11 Å². The van der Waals surface area contributed by atoms with Crippen molar-refractivity contribution in [2.24, 2.45) is 0 Å². The number of ether oxygens (including phenoxy) is 1. The highest BCUT2D eigenvalue weighted by atomic mass is 32.2. The molecule has 0 spiro atoms. The van der Waals surface area contributed by atoms with E-state index in [0.717, 1.165) is 43.8 Å². The van der Waals surface area contributed by atoms with Gasteiger partial charge in [-0.2, -0.15) is 11.8 Å². The van der Waals surface area contributed by atoms with E-state index in [4.69, 9.17) is 4.74 Å². The fraction of sp³-hybridized carbons (Fsp3) is 1.00. The van der Waals surface area contributed by atoms with Crippen molar-refractivity contribution < 1.29 is 9.84 Å². The average molecular weight is 232 g/mol. The lowest BCUT2D eigenvalue weighted by Crippen LogP contribution is -2.10. The number of aliphatic hydroxyl groups is 1. The molecule has 1 aliphatic heterocycles. The molecule has 0 saturated carbocycles. The molecule has 0 aromatic heterocycles. The second-order valence-corrected chi connectivity index (χ2v) is 5.60. The van der Waals surface area contributed by atoms with Gasteiger partial charge in [-0.05, 0) is 50.0 Å². The molecule has 15 heavy (non-hydrogen) atoms. The molecule has 0 amide bonds. The first-order valence-electron chi connectivity index (χ1n) is 6.20. The maximum Gasteiger partial charge on any atom is 0.0576 e. The predicted molar refractivity (Wildman–Crippen MR) is 66.4 cm³/mol. The van der Waals surface area contributed by atoms with Gasteiger partial charge in [0.1, 0.15) is 0 Å². The number of rotatable bonds is 8. The van der Waals surface area contributed by atoms with Crippen LogP contribution in [0.3, 0.4) is 0 Å². The molecule has 0 radical (unpaired) electrons. The van der Waals surface area contributed by atoms with Gasteiger partial charge in [-0.15, -0.1) is 0 Å². The molecule has 1 fully saturated rings. The molecule has 1 rings (SSSR count). The van der Waals surface area contributed by atoms with E-state index in [0.29, 0.717) is 6.10 Å². The van der Waals surface area contributed by atoms with Gasteiger partial charge < -0.3 is 9.84 Å². The van der Waals surface area contributed by atoms with Gasteiger partial charge in [0.2, 0.25) is 0 Å². The Kier molecular flexibility index (Phi) is 7.49. The Labute approximate surface area is 97.8 Å². The molecule has 90 valence electrons. The largest absolute Gasteiger partial charge is 0.393 e. The molecule has 2 nitrogen and oxygen atoms in total. The van der Waals surface area contributed by atoms with Crippen LogP contribution in [0.2, 0.25) is 0 Å². The molecular formula is C12H24O2S. The van der Waals surface area contributed by atoms with Gasteiger partial charge in [0, 0.05) is 6.61 Å². The van der Waals surface area contributed by atoms with Gasteiger partial charge in [0.25, 0.3) is 0 Å². The maximum atomic E-state index is 9.70. The van der Waals surface area contributed by atoms with Crippen LogP contribution in [0.4, 0.5) is 0 Å². The normalized spacial score (nSPS) is 23.2. The summed E-state index contributed by atoms with van der Waals surface area (Å²) >= 11 is 1.91. The van der Waals surface area contributed by atoms with Crippen LogP contribution in [0, 0.1) is 0 Å². The minimum absolute atomic E-state index is 0.0922. The topological polar surface area (TPSA) is 29.5 Å². The summed E-state index contributed by atoms with van der Waals surface area (Å²) in [6, 6.07) is 0. The van der Waals surface area contributed by atoms with Crippen molar-refractivity contribution in [3.63, 3.8) is 0 Å². The molecule has 0 aromatic carbocycles. The summed E-state index contributed by atoms with van der Waals surface area (Å²) in [6.07, 6.45) is 6.99. The van der Waals surface area contributed by atoms with Crippen molar-refractivity contribution in [1.82, 2.24) is 0 Å².